The van der Waals surface area contributed by atoms with Gasteiger partial charge in [-0.25, -0.2) is 0 Å². The number of hydrogen-bond donors (Lipinski definition) is 0. The van der Waals surface area contributed by atoms with Gasteiger partial charge in [0.15, 0.2) is 0 Å². The Balaban J connectivity index is 2.01. The van der Waals surface area contributed by atoms with E-state index in [2.05, 4.69) is 11.0 Å². The molecule has 0 N–H and O–H groups in total. The lowest BCUT2D eigenvalue weighted by atomic mass is 9.83. The van der Waals surface area contributed by atoms with Crippen LogP contribution in [0.5, 0.6) is 0 Å². The number of hydrogen-bond acceptors (Lipinski definition) is 3. The molecule has 0 aromatic heterocycles. The van der Waals surface area contributed by atoms with Gasteiger partial charge in [0.25, 0.3) is 0 Å². The van der Waals surface area contributed by atoms with Crippen molar-refractivity contribution in [3.63, 3.8) is 0 Å². The third-order valence-corrected chi connectivity index (χ3v) is 4.46. The first-order valence-electron chi connectivity index (χ1n) is 6.68. The Morgan fingerprint density at radius 2 is 1.95 bits per heavy atom. The predicted molar refractivity (Wildman–Crippen MR) is 74.3 cm³/mol. The normalized spacial score (nSPS) is 26.1. The van der Waals surface area contributed by atoms with E-state index in [0.717, 1.165) is 18.5 Å². The number of piperidine rings is 2. The van der Waals surface area contributed by atoms with E-state index >= 15 is 0 Å². The van der Waals surface area contributed by atoms with Crippen LogP contribution in [0.4, 0.5) is 5.69 Å². The van der Waals surface area contributed by atoms with E-state index in [1.807, 2.05) is 6.07 Å². The molecule has 0 aliphatic carbocycles. The molecule has 0 radical (unpaired) electrons. The summed E-state index contributed by atoms with van der Waals surface area (Å²) in [4.78, 5) is 14.0. The van der Waals surface area contributed by atoms with E-state index in [4.69, 9.17) is 16.9 Å². The van der Waals surface area contributed by atoms with Crippen LogP contribution in [0.15, 0.2) is 18.2 Å². The first-order valence-corrected chi connectivity index (χ1v) is 7.06. The lowest BCUT2D eigenvalue weighted by Crippen LogP contribution is -2.52. The van der Waals surface area contributed by atoms with Crippen LogP contribution in [0, 0.1) is 11.3 Å². The molecule has 1 aromatic rings. The zero-order chi connectivity index (χ0) is 13.4. The Hall–Kier alpha value is -1.53. The van der Waals surface area contributed by atoms with Gasteiger partial charge in [-0.2, -0.15) is 5.26 Å². The molecule has 2 fully saturated rings. The SMILES string of the molecule is N#Cc1ccc(Cl)c(N2C3CCCC2CC(=O)C3)c1. The number of rotatable bonds is 1. The first kappa shape index (κ1) is 12.5. The maximum Gasteiger partial charge on any atom is 0.137 e. The van der Waals surface area contributed by atoms with E-state index in [1.54, 1.807) is 12.1 Å². The zero-order valence-electron chi connectivity index (χ0n) is 10.6. The number of Topliss-reactive ketones (excluding diaryl/α,β-unsaturated/α-hetero) is 1. The molecular weight excluding hydrogens is 260 g/mol. The van der Waals surface area contributed by atoms with E-state index in [1.165, 1.54) is 6.42 Å². The smallest absolute Gasteiger partial charge is 0.137 e. The maximum atomic E-state index is 11.7. The lowest BCUT2D eigenvalue weighted by Gasteiger charge is -2.47. The number of nitrogens with zero attached hydrogens (tertiary/aromatic N) is 2. The molecule has 0 spiro atoms. The van der Waals surface area contributed by atoms with Gasteiger partial charge in [-0.15, -0.1) is 0 Å². The van der Waals surface area contributed by atoms with Crippen LogP contribution in [0.25, 0.3) is 0 Å². The van der Waals surface area contributed by atoms with Crippen LogP contribution in [0.3, 0.4) is 0 Å². The molecule has 2 saturated heterocycles. The zero-order valence-corrected chi connectivity index (χ0v) is 11.4. The lowest BCUT2D eigenvalue weighted by molar-refractivity contribution is -0.121. The highest BCUT2D eigenvalue weighted by molar-refractivity contribution is 6.33. The van der Waals surface area contributed by atoms with Crippen LogP contribution < -0.4 is 4.90 Å². The Kier molecular flexibility index (Phi) is 3.20. The molecule has 98 valence electrons. The quantitative estimate of drug-likeness (QED) is 0.789. The van der Waals surface area contributed by atoms with Crippen LogP contribution in [0.2, 0.25) is 5.02 Å². The van der Waals surface area contributed by atoms with Crippen molar-refractivity contribution in [1.82, 2.24) is 0 Å². The highest BCUT2D eigenvalue weighted by Gasteiger charge is 2.38. The molecule has 2 heterocycles. The Labute approximate surface area is 117 Å². The second-order valence-corrected chi connectivity index (χ2v) is 5.78. The number of benzene rings is 1. The van der Waals surface area contributed by atoms with Gasteiger partial charge < -0.3 is 4.90 Å². The van der Waals surface area contributed by atoms with Crippen molar-refractivity contribution in [2.24, 2.45) is 0 Å². The molecule has 4 heteroatoms. The highest BCUT2D eigenvalue weighted by atomic mass is 35.5. The molecule has 19 heavy (non-hydrogen) atoms. The van der Waals surface area contributed by atoms with Crippen molar-refractivity contribution in [3.05, 3.63) is 28.8 Å². The molecule has 0 saturated carbocycles. The Bertz CT molecular complexity index is 548. The largest absolute Gasteiger partial charge is 0.363 e. The number of nitriles is 1. The van der Waals surface area contributed by atoms with Crippen molar-refractivity contribution in [2.75, 3.05) is 4.90 Å². The molecule has 2 aliphatic rings. The van der Waals surface area contributed by atoms with Gasteiger partial charge in [0.1, 0.15) is 5.78 Å². The molecule has 2 bridgehead atoms. The highest BCUT2D eigenvalue weighted by Crippen LogP contribution is 2.39. The number of halogens is 1. The van der Waals surface area contributed by atoms with Crippen molar-refractivity contribution in [3.8, 4) is 6.07 Å². The fourth-order valence-corrected chi connectivity index (χ4v) is 3.56. The Morgan fingerprint density at radius 1 is 1.26 bits per heavy atom. The van der Waals surface area contributed by atoms with Gasteiger partial charge in [0.05, 0.1) is 22.3 Å². The summed E-state index contributed by atoms with van der Waals surface area (Å²) in [5, 5.41) is 9.70. The van der Waals surface area contributed by atoms with E-state index in [-0.39, 0.29) is 12.1 Å². The summed E-state index contributed by atoms with van der Waals surface area (Å²) in [5.41, 5.74) is 1.54. The van der Waals surface area contributed by atoms with Crippen molar-refractivity contribution in [2.45, 2.75) is 44.2 Å². The topological polar surface area (TPSA) is 44.1 Å². The van der Waals surface area contributed by atoms with Gasteiger partial charge in [-0.05, 0) is 37.5 Å². The third-order valence-electron chi connectivity index (χ3n) is 4.14. The van der Waals surface area contributed by atoms with E-state index < -0.39 is 0 Å². The number of ketones is 1. The van der Waals surface area contributed by atoms with Gasteiger partial charge >= 0.3 is 0 Å². The maximum absolute atomic E-state index is 11.7. The third kappa shape index (κ3) is 2.21. The minimum Gasteiger partial charge on any atom is -0.363 e. The minimum atomic E-state index is 0.256. The summed E-state index contributed by atoms with van der Waals surface area (Å²) in [6.45, 7) is 0. The second kappa shape index (κ2) is 4.86. The van der Waals surface area contributed by atoms with Crippen LogP contribution >= 0.6 is 11.6 Å². The average molecular weight is 275 g/mol. The summed E-state index contributed by atoms with van der Waals surface area (Å²) < 4.78 is 0. The van der Waals surface area contributed by atoms with E-state index in [9.17, 15) is 4.79 Å². The summed E-state index contributed by atoms with van der Waals surface area (Å²) in [6.07, 6.45) is 4.48. The van der Waals surface area contributed by atoms with Crippen molar-refractivity contribution in [1.29, 1.82) is 5.26 Å². The fraction of sp³-hybridized carbons (Fsp3) is 0.467. The summed E-state index contributed by atoms with van der Waals surface area (Å²) >= 11 is 6.30. The molecule has 3 nitrogen and oxygen atoms in total. The van der Waals surface area contributed by atoms with Gasteiger partial charge in [0, 0.05) is 24.9 Å². The monoisotopic (exact) mass is 274 g/mol. The van der Waals surface area contributed by atoms with Gasteiger partial charge in [-0.1, -0.05) is 11.6 Å². The van der Waals surface area contributed by atoms with Crippen LogP contribution in [-0.2, 0) is 4.79 Å². The second-order valence-electron chi connectivity index (χ2n) is 5.37. The molecule has 1 aromatic carbocycles. The fourth-order valence-electron chi connectivity index (χ4n) is 3.35. The average Bonchev–Trinajstić information content (AvgIpc) is 2.39. The summed E-state index contributed by atoms with van der Waals surface area (Å²) in [6, 6.07) is 8.03. The number of anilines is 1. The van der Waals surface area contributed by atoms with E-state index in [0.29, 0.717) is 29.2 Å². The van der Waals surface area contributed by atoms with Crippen molar-refractivity contribution >= 4 is 23.1 Å². The predicted octanol–water partition coefficient (Wildman–Crippen LogP) is 3.30. The molecule has 3 rings (SSSR count). The molecule has 2 aliphatic heterocycles. The molecular formula is C15H15ClN2O. The first-order chi connectivity index (χ1) is 9.19. The number of fused-ring (bicyclic) bond motifs is 2. The van der Waals surface area contributed by atoms with Gasteiger partial charge in [-0.3, -0.25) is 4.79 Å². The van der Waals surface area contributed by atoms with Gasteiger partial charge in [0.2, 0.25) is 0 Å². The standard InChI is InChI=1S/C15H15ClN2O/c16-14-5-4-10(9-17)6-15(14)18-11-2-1-3-12(18)8-13(19)7-11/h4-6,11-12H,1-3,7-8H2. The molecule has 0 amide bonds. The minimum absolute atomic E-state index is 0.256. The molecule has 2 atom stereocenters. The van der Waals surface area contributed by atoms with Crippen LogP contribution in [-0.4, -0.2) is 17.9 Å². The van der Waals surface area contributed by atoms with Crippen molar-refractivity contribution < 1.29 is 4.79 Å². The summed E-state index contributed by atoms with van der Waals surface area (Å²) in [7, 11) is 0. The Morgan fingerprint density at radius 3 is 2.58 bits per heavy atom. The number of carbonyl (C=O) groups is 1. The number of carbonyl (C=O) groups excluding carboxylic acids is 1. The van der Waals surface area contributed by atoms with Crippen LogP contribution in [0.1, 0.15) is 37.7 Å². The summed E-state index contributed by atoms with van der Waals surface area (Å²) in [5.74, 6) is 0.360. The molecule has 2 unspecified atom stereocenters.